The van der Waals surface area contributed by atoms with E-state index in [1.807, 2.05) is 0 Å². The Morgan fingerprint density at radius 1 is 1.12 bits per heavy atom. The van der Waals surface area contributed by atoms with Gasteiger partial charge in [-0.05, 0) is 51.7 Å². The van der Waals surface area contributed by atoms with Crippen molar-refractivity contribution in [1.82, 2.24) is 10.2 Å². The second-order valence-corrected chi connectivity index (χ2v) is 5.74. The third kappa shape index (κ3) is 3.94. The topological polar surface area (TPSA) is 35.5 Å². The van der Waals surface area contributed by atoms with Gasteiger partial charge in [-0.2, -0.15) is 0 Å². The van der Waals surface area contributed by atoms with Gasteiger partial charge in [-0.15, -0.1) is 0 Å². The van der Waals surface area contributed by atoms with Crippen molar-refractivity contribution in [3.63, 3.8) is 0 Å². The van der Waals surface area contributed by atoms with Gasteiger partial charge in [0.2, 0.25) is 0 Å². The van der Waals surface area contributed by atoms with Gasteiger partial charge in [0.05, 0.1) is 6.10 Å². The number of nitrogens with zero attached hydrogens (tertiary/aromatic N) is 1. The predicted molar refractivity (Wildman–Crippen MR) is 71.2 cm³/mol. The summed E-state index contributed by atoms with van der Waals surface area (Å²) in [4.78, 5) is 2.56. The van der Waals surface area contributed by atoms with Gasteiger partial charge in [0.1, 0.15) is 0 Å². The molecule has 1 heterocycles. The normalized spacial score (nSPS) is 32.8. The van der Waals surface area contributed by atoms with Gasteiger partial charge in [0.25, 0.3) is 0 Å². The summed E-state index contributed by atoms with van der Waals surface area (Å²) in [5.41, 5.74) is 0. The number of aliphatic hydroxyl groups excluding tert-OH is 1. The molecule has 0 aromatic rings. The lowest BCUT2D eigenvalue weighted by Crippen LogP contribution is -2.51. The van der Waals surface area contributed by atoms with Gasteiger partial charge in [-0.3, -0.25) is 0 Å². The van der Waals surface area contributed by atoms with Crippen molar-refractivity contribution in [3.05, 3.63) is 0 Å². The molecule has 3 nitrogen and oxygen atoms in total. The largest absolute Gasteiger partial charge is 0.392 e. The van der Waals surface area contributed by atoms with Crippen LogP contribution in [0.1, 0.15) is 51.9 Å². The number of rotatable bonds is 4. The molecule has 2 rings (SSSR count). The van der Waals surface area contributed by atoms with E-state index in [2.05, 4.69) is 17.1 Å². The van der Waals surface area contributed by atoms with Crippen molar-refractivity contribution in [3.8, 4) is 0 Å². The lowest BCUT2D eigenvalue weighted by Gasteiger charge is -2.37. The number of hydrogen-bond acceptors (Lipinski definition) is 3. The van der Waals surface area contributed by atoms with Crippen LogP contribution in [-0.4, -0.2) is 47.8 Å². The average molecular weight is 240 g/mol. The zero-order valence-corrected chi connectivity index (χ0v) is 11.2. The first-order chi connectivity index (χ1) is 8.29. The van der Waals surface area contributed by atoms with Crippen LogP contribution in [0.25, 0.3) is 0 Å². The SMILES string of the molecule is CCCN1CCC(N[C@@H]2CCCC[C@H]2O)CC1. The van der Waals surface area contributed by atoms with Crippen LogP contribution >= 0.6 is 0 Å². The molecule has 2 atom stereocenters. The zero-order chi connectivity index (χ0) is 12.1. The van der Waals surface area contributed by atoms with E-state index in [-0.39, 0.29) is 6.10 Å². The molecule has 0 bridgehead atoms. The summed E-state index contributed by atoms with van der Waals surface area (Å²) < 4.78 is 0. The summed E-state index contributed by atoms with van der Waals surface area (Å²) in [5.74, 6) is 0. The Bertz CT molecular complexity index is 214. The minimum absolute atomic E-state index is 0.0996. The molecular formula is C14H28N2O. The second kappa shape index (κ2) is 6.72. The summed E-state index contributed by atoms with van der Waals surface area (Å²) in [6.45, 7) is 5.96. The first kappa shape index (κ1) is 13.3. The van der Waals surface area contributed by atoms with Crippen LogP contribution in [-0.2, 0) is 0 Å². The lowest BCUT2D eigenvalue weighted by atomic mass is 9.91. The Labute approximate surface area is 106 Å². The molecule has 0 spiro atoms. The summed E-state index contributed by atoms with van der Waals surface area (Å²) >= 11 is 0. The molecule has 1 saturated heterocycles. The van der Waals surface area contributed by atoms with Crippen molar-refractivity contribution in [2.45, 2.75) is 70.1 Å². The highest BCUT2D eigenvalue weighted by Gasteiger charge is 2.27. The maximum atomic E-state index is 9.96. The Hall–Kier alpha value is -0.120. The molecule has 1 aliphatic carbocycles. The van der Waals surface area contributed by atoms with Crippen LogP contribution in [0.2, 0.25) is 0 Å². The minimum atomic E-state index is -0.0996. The van der Waals surface area contributed by atoms with Crippen molar-refractivity contribution in [2.75, 3.05) is 19.6 Å². The third-order valence-electron chi connectivity index (χ3n) is 4.31. The van der Waals surface area contributed by atoms with Crippen LogP contribution in [0, 0.1) is 0 Å². The summed E-state index contributed by atoms with van der Waals surface area (Å²) in [6.07, 6.45) is 8.31. The maximum Gasteiger partial charge on any atom is 0.0693 e. The van der Waals surface area contributed by atoms with Gasteiger partial charge >= 0.3 is 0 Å². The van der Waals surface area contributed by atoms with Crippen molar-refractivity contribution in [1.29, 1.82) is 0 Å². The van der Waals surface area contributed by atoms with E-state index in [9.17, 15) is 5.11 Å². The Kier molecular flexibility index (Phi) is 5.26. The number of aliphatic hydroxyl groups is 1. The molecule has 0 aromatic heterocycles. The van der Waals surface area contributed by atoms with Crippen LogP contribution in [0.4, 0.5) is 0 Å². The van der Waals surface area contributed by atoms with Crippen LogP contribution < -0.4 is 5.32 Å². The molecule has 2 aliphatic rings. The molecule has 1 saturated carbocycles. The fraction of sp³-hybridized carbons (Fsp3) is 1.00. The van der Waals surface area contributed by atoms with Gasteiger partial charge in [0.15, 0.2) is 0 Å². The van der Waals surface area contributed by atoms with E-state index >= 15 is 0 Å². The molecular weight excluding hydrogens is 212 g/mol. The molecule has 0 amide bonds. The van der Waals surface area contributed by atoms with Crippen LogP contribution in [0.3, 0.4) is 0 Å². The van der Waals surface area contributed by atoms with Gasteiger partial charge in [-0.25, -0.2) is 0 Å². The average Bonchev–Trinajstić information content (AvgIpc) is 2.35. The molecule has 0 unspecified atom stereocenters. The lowest BCUT2D eigenvalue weighted by molar-refractivity contribution is 0.0765. The molecule has 100 valence electrons. The first-order valence-corrected chi connectivity index (χ1v) is 7.46. The summed E-state index contributed by atoms with van der Waals surface area (Å²) in [6, 6.07) is 1.01. The molecule has 2 N–H and O–H groups in total. The Balaban J connectivity index is 1.70. The quantitative estimate of drug-likeness (QED) is 0.786. The highest BCUT2D eigenvalue weighted by Crippen LogP contribution is 2.20. The van der Waals surface area contributed by atoms with Gasteiger partial charge < -0.3 is 15.3 Å². The molecule has 0 radical (unpaired) electrons. The number of piperidine rings is 1. The van der Waals surface area contributed by atoms with Crippen molar-refractivity contribution < 1.29 is 5.11 Å². The van der Waals surface area contributed by atoms with Crippen LogP contribution in [0.15, 0.2) is 0 Å². The van der Waals surface area contributed by atoms with E-state index in [0.29, 0.717) is 12.1 Å². The highest BCUT2D eigenvalue weighted by molar-refractivity contribution is 4.86. The highest BCUT2D eigenvalue weighted by atomic mass is 16.3. The van der Waals surface area contributed by atoms with E-state index in [4.69, 9.17) is 0 Å². The zero-order valence-electron chi connectivity index (χ0n) is 11.2. The van der Waals surface area contributed by atoms with E-state index < -0.39 is 0 Å². The Morgan fingerprint density at radius 2 is 1.82 bits per heavy atom. The fourth-order valence-electron chi connectivity index (χ4n) is 3.25. The number of likely N-dealkylation sites (tertiary alicyclic amines) is 1. The fourth-order valence-corrected chi connectivity index (χ4v) is 3.25. The monoisotopic (exact) mass is 240 g/mol. The number of nitrogens with one attached hydrogen (secondary N) is 1. The predicted octanol–water partition coefficient (Wildman–Crippen LogP) is 1.75. The standard InChI is InChI=1S/C14H28N2O/c1-2-9-16-10-7-12(8-11-16)15-13-5-3-4-6-14(13)17/h12-15,17H,2-11H2,1H3/t13-,14-/m1/s1. The maximum absolute atomic E-state index is 9.96. The summed E-state index contributed by atoms with van der Waals surface area (Å²) in [7, 11) is 0. The van der Waals surface area contributed by atoms with E-state index in [1.54, 1.807) is 0 Å². The third-order valence-corrected chi connectivity index (χ3v) is 4.31. The molecule has 0 aromatic carbocycles. The Morgan fingerprint density at radius 3 is 2.47 bits per heavy atom. The van der Waals surface area contributed by atoms with E-state index in [0.717, 1.165) is 12.8 Å². The van der Waals surface area contributed by atoms with Gasteiger partial charge in [-0.1, -0.05) is 19.8 Å². The van der Waals surface area contributed by atoms with Crippen molar-refractivity contribution in [2.24, 2.45) is 0 Å². The molecule has 1 aliphatic heterocycles. The second-order valence-electron chi connectivity index (χ2n) is 5.74. The molecule has 3 heteroatoms. The van der Waals surface area contributed by atoms with Crippen LogP contribution in [0.5, 0.6) is 0 Å². The van der Waals surface area contributed by atoms with Crippen molar-refractivity contribution >= 4 is 0 Å². The summed E-state index contributed by atoms with van der Waals surface area (Å²) in [5, 5.41) is 13.7. The minimum Gasteiger partial charge on any atom is -0.392 e. The molecule has 2 fully saturated rings. The smallest absolute Gasteiger partial charge is 0.0693 e. The van der Waals surface area contributed by atoms with Gasteiger partial charge in [0, 0.05) is 12.1 Å². The number of hydrogen-bond donors (Lipinski definition) is 2. The van der Waals surface area contributed by atoms with E-state index in [1.165, 1.54) is 51.7 Å². The molecule has 17 heavy (non-hydrogen) atoms. The first-order valence-electron chi connectivity index (χ1n) is 7.46.